The van der Waals surface area contributed by atoms with E-state index in [0.29, 0.717) is 28.5 Å². The number of ketones is 1. The number of nitrogens with two attached hydrogens (primary N) is 1. The number of rotatable bonds is 5. The van der Waals surface area contributed by atoms with Gasteiger partial charge in [-0.25, -0.2) is 0 Å². The van der Waals surface area contributed by atoms with Gasteiger partial charge < -0.3 is 10.6 Å². The fourth-order valence-corrected chi connectivity index (χ4v) is 2.49. The van der Waals surface area contributed by atoms with Gasteiger partial charge in [-0.2, -0.15) is 5.10 Å². The van der Waals surface area contributed by atoms with Crippen molar-refractivity contribution in [3.8, 4) is 0 Å². The van der Waals surface area contributed by atoms with Crippen LogP contribution in [0.3, 0.4) is 0 Å². The van der Waals surface area contributed by atoms with Gasteiger partial charge in [0.05, 0.1) is 17.8 Å². The number of nitrogens with zero attached hydrogens (tertiary/aromatic N) is 3. The summed E-state index contributed by atoms with van der Waals surface area (Å²) in [5, 5.41) is 4.50. The summed E-state index contributed by atoms with van der Waals surface area (Å²) in [6.07, 6.45) is 1.48. The highest BCUT2D eigenvalue weighted by atomic mass is 79.9. The van der Waals surface area contributed by atoms with E-state index >= 15 is 0 Å². The van der Waals surface area contributed by atoms with Crippen molar-refractivity contribution in [2.75, 3.05) is 26.4 Å². The Labute approximate surface area is 136 Å². The van der Waals surface area contributed by atoms with Gasteiger partial charge in [0.25, 0.3) is 0 Å². The molecule has 0 unspecified atom stereocenters. The highest BCUT2D eigenvalue weighted by molar-refractivity contribution is 9.10. The predicted molar refractivity (Wildman–Crippen MR) is 87.8 cm³/mol. The molecule has 0 saturated heterocycles. The molecule has 0 aliphatic rings. The van der Waals surface area contributed by atoms with Crippen LogP contribution in [0.4, 0.5) is 5.69 Å². The lowest BCUT2D eigenvalue weighted by Gasteiger charge is -2.12. The monoisotopic (exact) mass is 370 g/mol. The first kappa shape index (κ1) is 16.0. The Hall–Kier alpha value is -1.37. The van der Waals surface area contributed by atoms with Crippen molar-refractivity contribution >= 4 is 39.0 Å². The zero-order valence-corrected chi connectivity index (χ0v) is 14.1. The van der Waals surface area contributed by atoms with Crippen LogP contribution in [0.5, 0.6) is 0 Å². The van der Waals surface area contributed by atoms with Crippen molar-refractivity contribution in [2.45, 2.75) is 6.54 Å². The molecule has 2 rings (SSSR count). The topological polar surface area (TPSA) is 64.2 Å². The summed E-state index contributed by atoms with van der Waals surface area (Å²) in [7, 11) is 3.91. The summed E-state index contributed by atoms with van der Waals surface area (Å²) in [6, 6.07) is 5.17. The van der Waals surface area contributed by atoms with E-state index in [1.165, 1.54) is 6.20 Å². The molecule has 1 aromatic carbocycles. The zero-order chi connectivity index (χ0) is 15.6. The van der Waals surface area contributed by atoms with Crippen LogP contribution in [-0.2, 0) is 6.54 Å². The molecule has 0 saturated carbocycles. The van der Waals surface area contributed by atoms with Gasteiger partial charge in [-0.3, -0.25) is 9.48 Å². The minimum atomic E-state index is -0.227. The highest BCUT2D eigenvalue weighted by Gasteiger charge is 2.21. The number of aromatic nitrogens is 2. The largest absolute Gasteiger partial charge is 0.398 e. The van der Waals surface area contributed by atoms with Crippen molar-refractivity contribution in [3.05, 3.63) is 45.1 Å². The minimum absolute atomic E-state index is 0.227. The van der Waals surface area contributed by atoms with Crippen molar-refractivity contribution in [1.82, 2.24) is 14.7 Å². The van der Waals surface area contributed by atoms with Gasteiger partial charge >= 0.3 is 0 Å². The molecule has 0 bridgehead atoms. The van der Waals surface area contributed by atoms with Crippen LogP contribution < -0.4 is 5.73 Å². The highest BCUT2D eigenvalue weighted by Crippen LogP contribution is 2.25. The van der Waals surface area contributed by atoms with Gasteiger partial charge in [0.1, 0.15) is 5.69 Å². The van der Waals surface area contributed by atoms with Crippen molar-refractivity contribution in [2.24, 2.45) is 0 Å². The average Bonchev–Trinajstić information content (AvgIpc) is 2.79. The number of benzene rings is 1. The smallest absolute Gasteiger partial charge is 0.214 e. The number of halogens is 2. The molecule has 0 fully saturated rings. The maximum Gasteiger partial charge on any atom is 0.214 e. The van der Waals surface area contributed by atoms with E-state index in [-0.39, 0.29) is 5.78 Å². The number of carbonyl (C=O) groups excluding carboxylic acids is 1. The molecule has 2 N–H and O–H groups in total. The fraction of sp³-hybridized carbons (Fsp3) is 0.286. The molecule has 7 heteroatoms. The van der Waals surface area contributed by atoms with Crippen LogP contribution >= 0.6 is 27.5 Å². The van der Waals surface area contributed by atoms with Gasteiger partial charge in [0.2, 0.25) is 5.78 Å². The Morgan fingerprint density at radius 3 is 2.86 bits per heavy atom. The molecular weight excluding hydrogens is 356 g/mol. The van der Waals surface area contributed by atoms with E-state index in [1.807, 2.05) is 19.0 Å². The van der Waals surface area contributed by atoms with Gasteiger partial charge in [-0.1, -0.05) is 27.5 Å². The normalized spacial score (nSPS) is 11.1. The first-order chi connectivity index (χ1) is 9.90. The van der Waals surface area contributed by atoms with Gasteiger partial charge in [0.15, 0.2) is 0 Å². The Kier molecular flexibility index (Phi) is 5.03. The quantitative estimate of drug-likeness (QED) is 0.648. The summed E-state index contributed by atoms with van der Waals surface area (Å²) in [6.45, 7) is 1.33. The van der Waals surface area contributed by atoms with Crippen molar-refractivity contribution in [3.63, 3.8) is 0 Å². The number of anilines is 1. The second kappa shape index (κ2) is 6.60. The molecule has 0 aliphatic carbocycles. The third-order valence-electron chi connectivity index (χ3n) is 3.03. The summed E-state index contributed by atoms with van der Waals surface area (Å²) < 4.78 is 2.40. The third-order valence-corrected chi connectivity index (χ3v) is 3.80. The zero-order valence-electron chi connectivity index (χ0n) is 11.8. The van der Waals surface area contributed by atoms with Crippen LogP contribution in [-0.4, -0.2) is 41.1 Å². The van der Waals surface area contributed by atoms with Crippen LogP contribution in [0.1, 0.15) is 16.1 Å². The molecule has 112 valence electrons. The molecule has 1 aromatic heterocycles. The van der Waals surface area contributed by atoms with E-state index in [4.69, 9.17) is 17.3 Å². The molecule has 0 aliphatic heterocycles. The second-order valence-corrected chi connectivity index (χ2v) is 6.25. The number of nitrogen functional groups attached to an aromatic ring is 1. The Balaban J connectivity index is 2.39. The lowest BCUT2D eigenvalue weighted by molar-refractivity contribution is 0.102. The molecule has 21 heavy (non-hydrogen) atoms. The SMILES string of the molecule is CN(C)CCn1ncc(Cl)c1C(=O)c1cc(Br)ccc1N. The molecular formula is C14H16BrClN4O. The van der Waals surface area contributed by atoms with E-state index in [1.54, 1.807) is 22.9 Å². The standard InChI is InChI=1S/C14H16BrClN4O/c1-19(2)5-6-20-13(11(16)8-18-20)14(21)10-7-9(15)3-4-12(10)17/h3-4,7-8H,5-6,17H2,1-2H3. The Morgan fingerprint density at radius 1 is 1.48 bits per heavy atom. The molecule has 2 aromatic rings. The number of hydrogen-bond donors (Lipinski definition) is 1. The molecule has 5 nitrogen and oxygen atoms in total. The fourth-order valence-electron chi connectivity index (χ4n) is 1.91. The predicted octanol–water partition coefficient (Wildman–Crippen LogP) is 2.67. The molecule has 1 heterocycles. The first-order valence-corrected chi connectivity index (χ1v) is 7.53. The maximum atomic E-state index is 12.7. The van der Waals surface area contributed by atoms with Gasteiger partial charge in [-0.15, -0.1) is 0 Å². The molecule has 0 amide bonds. The molecule has 0 radical (unpaired) electrons. The number of carbonyl (C=O) groups is 1. The number of hydrogen-bond acceptors (Lipinski definition) is 4. The lowest BCUT2D eigenvalue weighted by Crippen LogP contribution is -2.22. The minimum Gasteiger partial charge on any atom is -0.398 e. The van der Waals surface area contributed by atoms with Crippen LogP contribution in [0.25, 0.3) is 0 Å². The van der Waals surface area contributed by atoms with Crippen molar-refractivity contribution < 1.29 is 4.79 Å². The summed E-state index contributed by atoms with van der Waals surface area (Å²) >= 11 is 9.47. The van der Waals surface area contributed by atoms with Gasteiger partial charge in [0, 0.05) is 22.3 Å². The van der Waals surface area contributed by atoms with Crippen LogP contribution in [0.15, 0.2) is 28.9 Å². The molecule has 0 spiro atoms. The Morgan fingerprint density at radius 2 is 2.19 bits per heavy atom. The summed E-state index contributed by atoms with van der Waals surface area (Å²) in [5.74, 6) is -0.227. The number of likely N-dealkylation sites (N-methyl/N-ethyl adjacent to an activating group) is 1. The van der Waals surface area contributed by atoms with Crippen LogP contribution in [0.2, 0.25) is 5.02 Å². The van der Waals surface area contributed by atoms with E-state index in [0.717, 1.165) is 11.0 Å². The summed E-state index contributed by atoms with van der Waals surface area (Å²) in [5.41, 5.74) is 7.09. The Bertz CT molecular complexity index is 669. The average molecular weight is 372 g/mol. The second-order valence-electron chi connectivity index (χ2n) is 4.93. The van der Waals surface area contributed by atoms with Gasteiger partial charge in [-0.05, 0) is 32.3 Å². The molecule has 0 atom stereocenters. The van der Waals surface area contributed by atoms with Crippen molar-refractivity contribution in [1.29, 1.82) is 0 Å². The van der Waals surface area contributed by atoms with E-state index in [9.17, 15) is 4.79 Å². The summed E-state index contributed by atoms with van der Waals surface area (Å²) in [4.78, 5) is 14.7. The van der Waals surface area contributed by atoms with E-state index < -0.39 is 0 Å². The third kappa shape index (κ3) is 3.64. The lowest BCUT2D eigenvalue weighted by atomic mass is 10.1. The maximum absolute atomic E-state index is 12.7. The first-order valence-electron chi connectivity index (χ1n) is 6.36. The van der Waals surface area contributed by atoms with E-state index in [2.05, 4.69) is 21.0 Å². The van der Waals surface area contributed by atoms with Crippen LogP contribution in [0, 0.1) is 0 Å².